The zero-order valence-electron chi connectivity index (χ0n) is 13.6. The maximum atomic E-state index is 12.6. The van der Waals surface area contributed by atoms with Gasteiger partial charge in [0, 0.05) is 11.9 Å². The van der Waals surface area contributed by atoms with Crippen molar-refractivity contribution in [1.29, 1.82) is 0 Å². The van der Waals surface area contributed by atoms with Crippen molar-refractivity contribution in [3.05, 3.63) is 40.3 Å². The number of fused-ring (bicyclic) bond motifs is 1. The zero-order valence-corrected chi connectivity index (χ0v) is 16.0. The molecule has 1 atom stereocenters. The van der Waals surface area contributed by atoms with E-state index in [1.807, 2.05) is 26.1 Å². The largest absolute Gasteiger partial charge is 0.303 e. The van der Waals surface area contributed by atoms with Crippen LogP contribution in [0, 0.1) is 11.7 Å². The van der Waals surface area contributed by atoms with Gasteiger partial charge in [-0.2, -0.15) is 5.10 Å². The number of aromatic amines is 1. The lowest BCUT2D eigenvalue weighted by Crippen LogP contribution is -2.24. The molecule has 2 aromatic heterocycles. The lowest BCUT2D eigenvalue weighted by atomic mass is 10.1. The monoisotopic (exact) mass is 389 g/mol. The standard InChI is InChI=1S/C16H15N5OS3/c1-8-12(13-19-20-16(23)21(13)2)25-15(17-8)18-14(22)11-7-9-5-3-4-6-10(9)24-11/h3-6,11H,7H2,1-2H3,(H,20,23)(H,17,18,22). The van der Waals surface area contributed by atoms with Gasteiger partial charge in [0.2, 0.25) is 5.91 Å². The summed E-state index contributed by atoms with van der Waals surface area (Å²) in [6.45, 7) is 1.90. The highest BCUT2D eigenvalue weighted by Crippen LogP contribution is 2.38. The number of nitrogens with one attached hydrogen (secondary N) is 2. The Morgan fingerprint density at radius 2 is 2.24 bits per heavy atom. The maximum Gasteiger partial charge on any atom is 0.239 e. The quantitative estimate of drug-likeness (QED) is 0.670. The molecule has 25 heavy (non-hydrogen) atoms. The molecule has 3 heterocycles. The number of hydrogen-bond donors (Lipinski definition) is 2. The lowest BCUT2D eigenvalue weighted by Gasteiger charge is -2.07. The SMILES string of the molecule is Cc1nc(NC(=O)C2Cc3ccccc3S2)sc1-c1n[nH]c(=S)n1C. The summed E-state index contributed by atoms with van der Waals surface area (Å²) in [6.07, 6.45) is 0.748. The number of rotatable bonds is 3. The molecule has 0 aliphatic carbocycles. The first kappa shape index (κ1) is 16.5. The first-order valence-electron chi connectivity index (χ1n) is 7.67. The molecule has 1 aliphatic heterocycles. The fraction of sp³-hybridized carbons (Fsp3) is 0.250. The van der Waals surface area contributed by atoms with Gasteiger partial charge in [-0.15, -0.1) is 11.8 Å². The number of hydrogen-bond acceptors (Lipinski definition) is 6. The Morgan fingerprint density at radius 1 is 1.44 bits per heavy atom. The number of carbonyl (C=O) groups excluding carboxylic acids is 1. The van der Waals surface area contributed by atoms with Crippen LogP contribution in [0.5, 0.6) is 0 Å². The molecule has 6 nitrogen and oxygen atoms in total. The Hall–Kier alpha value is -1.97. The van der Waals surface area contributed by atoms with Crippen molar-refractivity contribution < 1.29 is 4.79 Å². The van der Waals surface area contributed by atoms with E-state index in [-0.39, 0.29) is 11.2 Å². The van der Waals surface area contributed by atoms with Gasteiger partial charge in [-0.25, -0.2) is 4.98 Å². The second-order valence-corrected chi connectivity index (χ2v) is 8.38. The summed E-state index contributed by atoms with van der Waals surface area (Å²) in [6, 6.07) is 8.14. The highest BCUT2D eigenvalue weighted by molar-refractivity contribution is 8.01. The van der Waals surface area contributed by atoms with E-state index in [2.05, 4.69) is 32.6 Å². The van der Waals surface area contributed by atoms with Crippen molar-refractivity contribution in [2.75, 3.05) is 5.32 Å². The van der Waals surface area contributed by atoms with Crippen molar-refractivity contribution in [3.8, 4) is 10.7 Å². The number of aromatic nitrogens is 4. The Labute approximate surface area is 157 Å². The molecule has 0 saturated carbocycles. The van der Waals surface area contributed by atoms with Crippen LogP contribution in [-0.2, 0) is 18.3 Å². The fourth-order valence-corrected chi connectivity index (χ4v) is 5.04. The predicted molar refractivity (Wildman–Crippen MR) is 103 cm³/mol. The number of H-pyrrole nitrogens is 1. The third-order valence-corrected chi connectivity index (χ3v) is 6.80. The Kier molecular flexibility index (Phi) is 4.22. The molecule has 3 aromatic rings. The molecule has 0 saturated heterocycles. The van der Waals surface area contributed by atoms with Crippen molar-refractivity contribution in [1.82, 2.24) is 19.7 Å². The van der Waals surface area contributed by atoms with Gasteiger partial charge in [0.15, 0.2) is 15.7 Å². The molecule has 1 aromatic carbocycles. The summed E-state index contributed by atoms with van der Waals surface area (Å²) in [5.74, 6) is 0.708. The van der Waals surface area contributed by atoms with E-state index in [1.54, 1.807) is 16.3 Å². The number of benzene rings is 1. The van der Waals surface area contributed by atoms with Crippen LogP contribution in [0.2, 0.25) is 0 Å². The van der Waals surface area contributed by atoms with E-state index < -0.39 is 0 Å². The Bertz CT molecular complexity index is 994. The van der Waals surface area contributed by atoms with Gasteiger partial charge in [0.25, 0.3) is 0 Å². The van der Waals surface area contributed by atoms with Gasteiger partial charge in [-0.1, -0.05) is 29.5 Å². The van der Waals surface area contributed by atoms with Crippen molar-refractivity contribution in [2.45, 2.75) is 23.5 Å². The normalized spacial score (nSPS) is 16.0. The minimum atomic E-state index is -0.120. The van der Waals surface area contributed by atoms with Crippen LogP contribution >= 0.6 is 35.3 Å². The number of nitrogens with zero attached hydrogens (tertiary/aromatic N) is 3. The Morgan fingerprint density at radius 3 is 2.96 bits per heavy atom. The van der Waals surface area contributed by atoms with Gasteiger partial charge < -0.3 is 9.88 Å². The van der Waals surface area contributed by atoms with Crippen LogP contribution in [0.15, 0.2) is 29.2 Å². The summed E-state index contributed by atoms with van der Waals surface area (Å²) >= 11 is 8.17. The van der Waals surface area contributed by atoms with Crippen LogP contribution < -0.4 is 5.32 Å². The third-order valence-electron chi connectivity index (χ3n) is 4.05. The summed E-state index contributed by atoms with van der Waals surface area (Å²) in [7, 11) is 1.85. The first-order chi connectivity index (χ1) is 12.0. The van der Waals surface area contributed by atoms with E-state index in [9.17, 15) is 4.79 Å². The average Bonchev–Trinajstić information content (AvgIpc) is 3.26. The molecule has 0 radical (unpaired) electrons. The van der Waals surface area contributed by atoms with Crippen LogP contribution in [0.1, 0.15) is 11.3 Å². The summed E-state index contributed by atoms with van der Waals surface area (Å²) in [5.41, 5.74) is 2.05. The molecule has 1 unspecified atom stereocenters. The smallest absolute Gasteiger partial charge is 0.239 e. The van der Waals surface area contributed by atoms with Gasteiger partial charge in [-0.3, -0.25) is 9.89 Å². The molecule has 1 aliphatic rings. The average molecular weight is 390 g/mol. The number of thiazole rings is 1. The molecular weight excluding hydrogens is 374 g/mol. The molecule has 0 bridgehead atoms. The molecule has 1 amide bonds. The van der Waals surface area contributed by atoms with E-state index in [0.717, 1.165) is 22.8 Å². The molecule has 2 N–H and O–H groups in total. The second kappa shape index (κ2) is 6.40. The summed E-state index contributed by atoms with van der Waals surface area (Å²) in [5, 5.41) is 10.4. The minimum absolute atomic E-state index is 0.0168. The van der Waals surface area contributed by atoms with E-state index in [0.29, 0.717) is 9.90 Å². The molecule has 0 fully saturated rings. The predicted octanol–water partition coefficient (Wildman–Crippen LogP) is 3.57. The summed E-state index contributed by atoms with van der Waals surface area (Å²) in [4.78, 5) is 19.2. The van der Waals surface area contributed by atoms with Crippen LogP contribution in [0.25, 0.3) is 10.7 Å². The lowest BCUT2D eigenvalue weighted by molar-refractivity contribution is -0.115. The zero-order chi connectivity index (χ0) is 17.6. The molecular formula is C16H15N5OS3. The topological polar surface area (TPSA) is 75.6 Å². The number of anilines is 1. The third kappa shape index (κ3) is 3.03. The highest BCUT2D eigenvalue weighted by atomic mass is 32.2. The second-order valence-electron chi connectivity index (χ2n) is 5.75. The van der Waals surface area contributed by atoms with E-state index in [4.69, 9.17) is 12.2 Å². The fourth-order valence-electron chi connectivity index (χ4n) is 2.72. The van der Waals surface area contributed by atoms with Gasteiger partial charge >= 0.3 is 0 Å². The number of amides is 1. The summed E-state index contributed by atoms with van der Waals surface area (Å²) < 4.78 is 2.35. The Balaban J connectivity index is 1.53. The van der Waals surface area contributed by atoms with E-state index in [1.165, 1.54) is 21.8 Å². The molecule has 128 valence electrons. The van der Waals surface area contributed by atoms with Gasteiger partial charge in [-0.05, 0) is 37.2 Å². The van der Waals surface area contributed by atoms with Crippen LogP contribution in [0.4, 0.5) is 5.13 Å². The first-order valence-corrected chi connectivity index (χ1v) is 9.78. The highest BCUT2D eigenvalue weighted by Gasteiger charge is 2.28. The maximum absolute atomic E-state index is 12.6. The van der Waals surface area contributed by atoms with Gasteiger partial charge in [0.1, 0.15) is 0 Å². The molecule has 0 spiro atoms. The number of aryl methyl sites for hydroxylation is 1. The van der Waals surface area contributed by atoms with Crippen molar-refractivity contribution in [3.63, 3.8) is 0 Å². The van der Waals surface area contributed by atoms with Crippen molar-refractivity contribution >= 4 is 46.4 Å². The van der Waals surface area contributed by atoms with Crippen LogP contribution in [-0.4, -0.2) is 30.9 Å². The minimum Gasteiger partial charge on any atom is -0.303 e. The van der Waals surface area contributed by atoms with Gasteiger partial charge in [0.05, 0.1) is 15.8 Å². The van der Waals surface area contributed by atoms with Crippen LogP contribution in [0.3, 0.4) is 0 Å². The van der Waals surface area contributed by atoms with Crippen molar-refractivity contribution in [2.24, 2.45) is 7.05 Å². The number of thioether (sulfide) groups is 1. The molecule has 4 rings (SSSR count). The molecule has 9 heteroatoms. The number of carbonyl (C=O) groups is 1. The van der Waals surface area contributed by atoms with E-state index >= 15 is 0 Å².